The van der Waals surface area contributed by atoms with Gasteiger partial charge in [0.25, 0.3) is 0 Å². The maximum absolute atomic E-state index is 5.68. The fourth-order valence-electron chi connectivity index (χ4n) is 2.27. The second-order valence-corrected chi connectivity index (χ2v) is 5.75. The van der Waals surface area contributed by atoms with Crippen LogP contribution in [0.1, 0.15) is 53.4 Å². The Morgan fingerprint density at radius 2 is 1.87 bits per heavy atom. The van der Waals surface area contributed by atoms with Crippen LogP contribution >= 0.6 is 0 Å². The molecular weight excluding hydrogens is 186 g/mol. The lowest BCUT2D eigenvalue weighted by Gasteiger charge is -2.23. The van der Waals surface area contributed by atoms with Crippen molar-refractivity contribution < 1.29 is 4.74 Å². The monoisotopic (exact) mass is 213 g/mol. The predicted molar refractivity (Wildman–Crippen MR) is 65.1 cm³/mol. The summed E-state index contributed by atoms with van der Waals surface area (Å²) in [4.78, 5) is 0. The van der Waals surface area contributed by atoms with Gasteiger partial charge in [-0.15, -0.1) is 0 Å². The van der Waals surface area contributed by atoms with E-state index in [1.807, 2.05) is 0 Å². The first kappa shape index (κ1) is 13.0. The molecule has 2 heteroatoms. The Hall–Kier alpha value is -0.0800. The van der Waals surface area contributed by atoms with Crippen LogP contribution in [0.25, 0.3) is 0 Å². The van der Waals surface area contributed by atoms with Crippen molar-refractivity contribution in [3.8, 4) is 0 Å². The summed E-state index contributed by atoms with van der Waals surface area (Å²) < 4.78 is 5.68. The maximum atomic E-state index is 5.68. The van der Waals surface area contributed by atoms with Crippen LogP contribution in [0.3, 0.4) is 0 Å². The zero-order valence-electron chi connectivity index (χ0n) is 10.8. The van der Waals surface area contributed by atoms with Gasteiger partial charge in [0.15, 0.2) is 0 Å². The van der Waals surface area contributed by atoms with Gasteiger partial charge in [-0.25, -0.2) is 0 Å². The van der Waals surface area contributed by atoms with Gasteiger partial charge >= 0.3 is 0 Å². The van der Waals surface area contributed by atoms with Gasteiger partial charge < -0.3 is 10.1 Å². The lowest BCUT2D eigenvalue weighted by atomic mass is 10.00. The normalized spacial score (nSPS) is 20.8. The highest BCUT2D eigenvalue weighted by Gasteiger charge is 2.20. The molecule has 1 fully saturated rings. The Morgan fingerprint density at radius 1 is 1.27 bits per heavy atom. The van der Waals surface area contributed by atoms with E-state index in [0.717, 1.165) is 19.1 Å². The molecule has 15 heavy (non-hydrogen) atoms. The minimum atomic E-state index is -0.00171. The molecule has 1 N–H and O–H groups in total. The van der Waals surface area contributed by atoms with Crippen molar-refractivity contribution in [1.82, 2.24) is 5.32 Å². The smallest absolute Gasteiger partial charge is 0.0599 e. The van der Waals surface area contributed by atoms with Gasteiger partial charge in [0.2, 0.25) is 0 Å². The van der Waals surface area contributed by atoms with Crippen molar-refractivity contribution in [2.24, 2.45) is 5.92 Å². The Kier molecular flexibility index (Phi) is 5.07. The average molecular weight is 213 g/mol. The molecule has 0 amide bonds. The van der Waals surface area contributed by atoms with E-state index >= 15 is 0 Å². The second-order valence-electron chi connectivity index (χ2n) is 5.75. The van der Waals surface area contributed by atoms with Crippen LogP contribution in [-0.2, 0) is 4.74 Å². The van der Waals surface area contributed by atoms with Crippen LogP contribution in [0.5, 0.6) is 0 Å². The third kappa shape index (κ3) is 5.53. The quantitative estimate of drug-likeness (QED) is 0.709. The van der Waals surface area contributed by atoms with Crippen molar-refractivity contribution >= 4 is 0 Å². The van der Waals surface area contributed by atoms with E-state index in [-0.39, 0.29) is 5.60 Å². The Labute approximate surface area is 94.8 Å². The molecule has 0 saturated heterocycles. The molecule has 0 aromatic rings. The minimum Gasteiger partial charge on any atom is -0.375 e. The molecule has 0 spiro atoms. The van der Waals surface area contributed by atoms with Crippen molar-refractivity contribution in [3.63, 3.8) is 0 Å². The van der Waals surface area contributed by atoms with Crippen molar-refractivity contribution in [1.29, 1.82) is 0 Å². The van der Waals surface area contributed by atoms with E-state index in [1.54, 1.807) is 0 Å². The van der Waals surface area contributed by atoms with Crippen molar-refractivity contribution in [2.75, 3.05) is 13.2 Å². The van der Waals surface area contributed by atoms with Gasteiger partial charge in [-0.3, -0.25) is 0 Å². The molecule has 2 nitrogen and oxygen atoms in total. The lowest BCUT2D eigenvalue weighted by Crippen LogP contribution is -2.36. The zero-order chi connectivity index (χ0) is 11.3. The number of hydrogen-bond donors (Lipinski definition) is 1. The molecule has 1 aliphatic carbocycles. The van der Waals surface area contributed by atoms with E-state index in [0.29, 0.717) is 6.04 Å². The maximum Gasteiger partial charge on any atom is 0.0599 e. The molecule has 1 saturated carbocycles. The third-order valence-corrected chi connectivity index (χ3v) is 3.21. The molecule has 0 aromatic carbocycles. The molecular formula is C13H27NO. The van der Waals surface area contributed by atoms with E-state index in [9.17, 15) is 0 Å². The van der Waals surface area contributed by atoms with Crippen LogP contribution in [0.15, 0.2) is 0 Å². The number of ether oxygens (including phenoxy) is 1. The van der Waals surface area contributed by atoms with E-state index in [1.165, 1.54) is 25.7 Å². The largest absolute Gasteiger partial charge is 0.375 e. The van der Waals surface area contributed by atoms with Crippen LogP contribution in [0.4, 0.5) is 0 Å². The molecule has 90 valence electrons. The first-order valence-corrected chi connectivity index (χ1v) is 6.36. The van der Waals surface area contributed by atoms with Crippen LogP contribution in [0.2, 0.25) is 0 Å². The molecule has 1 rings (SSSR count). The van der Waals surface area contributed by atoms with Gasteiger partial charge in [0.1, 0.15) is 0 Å². The first-order valence-electron chi connectivity index (χ1n) is 6.36. The Morgan fingerprint density at radius 3 is 2.40 bits per heavy atom. The number of rotatable bonds is 5. The topological polar surface area (TPSA) is 21.3 Å². The van der Waals surface area contributed by atoms with Gasteiger partial charge in [-0.1, -0.05) is 12.8 Å². The highest BCUT2D eigenvalue weighted by Crippen LogP contribution is 2.27. The van der Waals surface area contributed by atoms with Crippen LogP contribution in [-0.4, -0.2) is 24.8 Å². The molecule has 0 unspecified atom stereocenters. The predicted octanol–water partition coefficient (Wildman–Crippen LogP) is 2.97. The van der Waals surface area contributed by atoms with E-state index < -0.39 is 0 Å². The standard InChI is InChI=1S/C13H27NO/c1-11(12-7-5-6-8-12)14-9-10-15-13(2,3)4/h11-12,14H,5-10H2,1-4H3/t11-/m0/s1. The summed E-state index contributed by atoms with van der Waals surface area (Å²) in [5.41, 5.74) is -0.00171. The fourth-order valence-corrected chi connectivity index (χ4v) is 2.27. The van der Waals surface area contributed by atoms with Gasteiger partial charge in [0.05, 0.1) is 12.2 Å². The van der Waals surface area contributed by atoms with Crippen molar-refractivity contribution in [3.05, 3.63) is 0 Å². The molecule has 1 aliphatic rings. The van der Waals surface area contributed by atoms with E-state index in [2.05, 4.69) is 33.0 Å². The SMILES string of the molecule is C[C@H](NCCOC(C)(C)C)C1CCCC1. The average Bonchev–Trinajstić information content (AvgIpc) is 2.63. The zero-order valence-corrected chi connectivity index (χ0v) is 10.8. The highest BCUT2D eigenvalue weighted by molar-refractivity contribution is 4.77. The fraction of sp³-hybridized carbons (Fsp3) is 1.00. The van der Waals surface area contributed by atoms with Gasteiger partial charge in [0, 0.05) is 12.6 Å². The summed E-state index contributed by atoms with van der Waals surface area (Å²) in [6.07, 6.45) is 5.67. The van der Waals surface area contributed by atoms with E-state index in [4.69, 9.17) is 4.74 Å². The summed E-state index contributed by atoms with van der Waals surface area (Å²) in [7, 11) is 0. The summed E-state index contributed by atoms with van der Waals surface area (Å²) in [6, 6.07) is 0.663. The summed E-state index contributed by atoms with van der Waals surface area (Å²) in [6.45, 7) is 10.4. The van der Waals surface area contributed by atoms with Crippen LogP contribution in [0, 0.1) is 5.92 Å². The van der Waals surface area contributed by atoms with Gasteiger partial charge in [-0.05, 0) is 46.5 Å². The number of hydrogen-bond acceptors (Lipinski definition) is 2. The number of nitrogens with one attached hydrogen (secondary N) is 1. The first-order chi connectivity index (χ1) is 6.99. The Bertz CT molecular complexity index is 168. The summed E-state index contributed by atoms with van der Waals surface area (Å²) in [5, 5.41) is 3.57. The van der Waals surface area contributed by atoms with Crippen molar-refractivity contribution in [2.45, 2.75) is 65.0 Å². The Balaban J connectivity index is 2.04. The molecule has 0 bridgehead atoms. The molecule has 0 aliphatic heterocycles. The summed E-state index contributed by atoms with van der Waals surface area (Å²) >= 11 is 0. The second kappa shape index (κ2) is 5.86. The third-order valence-electron chi connectivity index (χ3n) is 3.21. The molecule has 0 radical (unpaired) electrons. The molecule has 0 heterocycles. The van der Waals surface area contributed by atoms with Crippen LogP contribution < -0.4 is 5.32 Å². The van der Waals surface area contributed by atoms with Gasteiger partial charge in [-0.2, -0.15) is 0 Å². The lowest BCUT2D eigenvalue weighted by molar-refractivity contribution is -0.00198. The molecule has 0 aromatic heterocycles. The summed E-state index contributed by atoms with van der Waals surface area (Å²) in [5.74, 6) is 0.902. The minimum absolute atomic E-state index is 0.00171. The molecule has 1 atom stereocenters. The highest BCUT2D eigenvalue weighted by atomic mass is 16.5.